The number of carbonyl (C=O) groups excluding carboxylic acids is 1. The molecule has 0 saturated carbocycles. The van der Waals surface area contributed by atoms with Gasteiger partial charge in [-0.1, -0.05) is 42.1 Å². The second-order valence-electron chi connectivity index (χ2n) is 6.50. The monoisotopic (exact) mass is 391 g/mol. The van der Waals surface area contributed by atoms with Crippen molar-refractivity contribution < 1.29 is 9.90 Å². The molecular weight excluding hydrogens is 370 g/mol. The van der Waals surface area contributed by atoms with E-state index < -0.39 is 0 Å². The van der Waals surface area contributed by atoms with Crippen LogP contribution in [0.4, 0.5) is 5.69 Å². The van der Waals surface area contributed by atoms with Gasteiger partial charge < -0.3 is 15.4 Å². The van der Waals surface area contributed by atoms with Gasteiger partial charge in [0.1, 0.15) is 5.75 Å². The Bertz CT molecular complexity index is 1160. The zero-order valence-corrected chi connectivity index (χ0v) is 16.0. The first-order chi connectivity index (χ1) is 14.1. The number of benzene rings is 3. The number of rotatable bonds is 6. The summed E-state index contributed by atoms with van der Waals surface area (Å²) in [6, 6.07) is 20.4. The SMILES string of the molecule is [3H]Oc1ccccc1NC(=O)c1ccc(CSc2nc3ccc(C)cc3[nH]2)cc1. The fourth-order valence-corrected chi connectivity index (χ4v) is 3.68. The number of aromatic nitrogens is 2. The van der Waals surface area contributed by atoms with Gasteiger partial charge in [0.15, 0.2) is 5.16 Å². The highest BCUT2D eigenvalue weighted by atomic mass is 32.2. The molecule has 0 saturated heterocycles. The lowest BCUT2D eigenvalue weighted by Crippen LogP contribution is -2.11. The van der Waals surface area contributed by atoms with Gasteiger partial charge in [0.2, 0.25) is 0 Å². The lowest BCUT2D eigenvalue weighted by Gasteiger charge is -2.07. The van der Waals surface area contributed by atoms with Gasteiger partial charge in [-0.25, -0.2) is 4.98 Å². The van der Waals surface area contributed by atoms with Crippen LogP contribution in [0.1, 0.15) is 21.5 Å². The van der Waals surface area contributed by atoms with E-state index in [0.717, 1.165) is 27.5 Å². The summed E-state index contributed by atoms with van der Waals surface area (Å²) in [6.45, 7) is 2.06. The molecule has 4 rings (SSSR count). The largest absolute Gasteiger partial charge is 0.506 e. The number of hydrogen-bond donors (Lipinski definition) is 3. The number of phenols is 1. The van der Waals surface area contributed by atoms with Crippen molar-refractivity contribution in [2.75, 3.05) is 5.32 Å². The lowest BCUT2D eigenvalue weighted by atomic mass is 10.1. The number of nitrogens with one attached hydrogen (secondary N) is 2. The molecule has 1 heterocycles. The van der Waals surface area contributed by atoms with E-state index >= 15 is 0 Å². The first kappa shape index (κ1) is 16.9. The number of aromatic amines is 1. The van der Waals surface area contributed by atoms with Crippen molar-refractivity contribution >= 4 is 34.4 Å². The lowest BCUT2D eigenvalue weighted by molar-refractivity contribution is 0.102. The van der Waals surface area contributed by atoms with Crippen LogP contribution in [0.5, 0.6) is 5.75 Å². The van der Waals surface area contributed by atoms with E-state index in [9.17, 15) is 4.79 Å². The number of phenolic OH excluding ortho intramolecular Hbond substituents is 1. The van der Waals surface area contributed by atoms with Crippen LogP contribution in [0.15, 0.2) is 71.9 Å². The van der Waals surface area contributed by atoms with Crippen molar-refractivity contribution in [2.45, 2.75) is 17.8 Å². The number of anilines is 1. The number of H-pyrrole nitrogens is 1. The highest BCUT2D eigenvalue weighted by Crippen LogP contribution is 2.25. The topological polar surface area (TPSA) is 78.0 Å². The molecule has 0 radical (unpaired) electrons. The van der Waals surface area contributed by atoms with Crippen molar-refractivity contribution in [3.05, 3.63) is 83.4 Å². The Hall–Kier alpha value is -3.25. The summed E-state index contributed by atoms with van der Waals surface area (Å²) >= 11 is 1.62. The van der Waals surface area contributed by atoms with Crippen LogP contribution in [-0.2, 0) is 5.75 Å². The summed E-state index contributed by atoms with van der Waals surface area (Å²) in [5.74, 6) is 0.798. The molecule has 0 aliphatic rings. The minimum absolute atomic E-state index is 0.249. The third-order valence-corrected chi connectivity index (χ3v) is 5.29. The van der Waals surface area contributed by atoms with Crippen molar-refractivity contribution in [3.8, 4) is 5.75 Å². The predicted octanol–water partition coefficient (Wildman–Crippen LogP) is 5.12. The van der Waals surface area contributed by atoms with Gasteiger partial charge in [-0.15, -0.1) is 0 Å². The Kier molecular flexibility index (Phi) is 4.69. The third-order valence-electron chi connectivity index (χ3n) is 4.34. The van der Waals surface area contributed by atoms with Gasteiger partial charge >= 0.3 is 0 Å². The Morgan fingerprint density at radius 2 is 2.00 bits per heavy atom. The number of para-hydroxylation sites is 2. The van der Waals surface area contributed by atoms with Crippen molar-refractivity contribution in [3.63, 3.8) is 0 Å². The molecule has 6 heteroatoms. The second kappa shape index (κ2) is 7.78. The highest BCUT2D eigenvalue weighted by molar-refractivity contribution is 7.98. The van der Waals surface area contributed by atoms with Crippen LogP contribution in [0.25, 0.3) is 11.0 Å². The summed E-state index contributed by atoms with van der Waals surface area (Å²) in [6.07, 6.45) is 0. The fourth-order valence-electron chi connectivity index (χ4n) is 2.84. The van der Waals surface area contributed by atoms with E-state index in [4.69, 9.17) is 1.43 Å². The minimum atomic E-state index is -0.249. The van der Waals surface area contributed by atoms with Gasteiger partial charge in [0, 0.05) is 11.3 Å². The minimum Gasteiger partial charge on any atom is -0.506 e. The first-order valence-corrected chi connectivity index (χ1v) is 9.82. The average molecular weight is 391 g/mol. The van der Waals surface area contributed by atoms with E-state index in [1.165, 1.54) is 5.56 Å². The number of aryl methyl sites for hydroxylation is 1. The standard InChI is InChI=1S/C22H19N3O2S/c1-14-6-11-17-19(12-14)25-22(24-17)28-13-15-7-9-16(10-8-15)21(27)23-18-4-2-3-5-20(18)26/h2-12,26H,13H2,1H3,(H,23,27)(H,24,25)/i/hT. The fraction of sp³-hybridized carbons (Fsp3) is 0.0909. The quantitative estimate of drug-likeness (QED) is 0.315. The normalized spacial score (nSPS) is 11.2. The molecule has 3 N–H and O–H groups in total. The maximum absolute atomic E-state index is 12.5. The van der Waals surface area contributed by atoms with Gasteiger partial charge in [-0.05, 0) is 54.4 Å². The highest BCUT2D eigenvalue weighted by Gasteiger charge is 2.09. The third kappa shape index (κ3) is 4.02. The molecule has 1 aromatic heterocycles. The maximum Gasteiger partial charge on any atom is 0.293 e. The number of aromatic hydroxyl groups is 1. The number of fused-ring (bicyclic) bond motifs is 1. The van der Waals surface area contributed by atoms with E-state index in [1.807, 2.05) is 18.2 Å². The molecule has 28 heavy (non-hydrogen) atoms. The number of thioether (sulfide) groups is 1. The van der Waals surface area contributed by atoms with Gasteiger partial charge in [0.25, 0.3) is 7.34 Å². The van der Waals surface area contributed by atoms with E-state index in [-0.39, 0.29) is 5.91 Å². The number of carbonyl (C=O) groups is 1. The number of hydrogen-bond acceptors (Lipinski definition) is 4. The van der Waals surface area contributed by atoms with Crippen molar-refractivity contribution in [2.24, 2.45) is 0 Å². The zero-order chi connectivity index (χ0) is 20.2. The molecule has 5 nitrogen and oxygen atoms in total. The second-order valence-corrected chi connectivity index (χ2v) is 7.46. The summed E-state index contributed by atoms with van der Waals surface area (Å²) in [4.78, 5) is 20.4. The number of imidazole rings is 1. The van der Waals surface area contributed by atoms with Gasteiger partial charge in [-0.2, -0.15) is 0 Å². The predicted molar refractivity (Wildman–Crippen MR) is 113 cm³/mol. The average Bonchev–Trinajstić information content (AvgIpc) is 3.15. The molecule has 0 unspecified atom stereocenters. The molecule has 0 atom stereocenters. The molecule has 0 aliphatic heterocycles. The molecule has 0 aliphatic carbocycles. The molecule has 140 valence electrons. The molecule has 4 aromatic rings. The van der Waals surface area contributed by atoms with Crippen molar-refractivity contribution in [1.29, 1.82) is 1.43 Å². The summed E-state index contributed by atoms with van der Waals surface area (Å²) in [5.41, 5.74) is 5.30. The number of nitrogens with zero attached hydrogens (tertiary/aromatic N) is 1. The Labute approximate surface area is 168 Å². The summed E-state index contributed by atoms with van der Waals surface area (Å²) < 4.78 is 7.06. The van der Waals surface area contributed by atoms with Gasteiger partial charge in [-0.3, -0.25) is 4.79 Å². The van der Waals surface area contributed by atoms with Crippen LogP contribution < -0.4 is 5.32 Å². The maximum atomic E-state index is 12.5. The molecule has 1 amide bonds. The van der Waals surface area contributed by atoms with Crippen LogP contribution in [-0.4, -0.2) is 22.4 Å². The van der Waals surface area contributed by atoms with E-state index in [1.54, 1.807) is 48.2 Å². The summed E-state index contributed by atoms with van der Waals surface area (Å²) in [7, 11) is 0. The smallest absolute Gasteiger partial charge is 0.293 e. The van der Waals surface area contributed by atoms with E-state index in [0.29, 0.717) is 17.0 Å². The van der Waals surface area contributed by atoms with Crippen LogP contribution in [0.3, 0.4) is 0 Å². The number of amides is 1. The van der Waals surface area contributed by atoms with Crippen LogP contribution >= 0.6 is 11.8 Å². The van der Waals surface area contributed by atoms with Crippen molar-refractivity contribution in [1.82, 2.24) is 9.97 Å². The van der Waals surface area contributed by atoms with Crippen LogP contribution in [0, 0.1) is 6.92 Å². The van der Waals surface area contributed by atoms with Gasteiger partial charge in [0.05, 0.1) is 16.7 Å². The molecule has 0 spiro atoms. The van der Waals surface area contributed by atoms with E-state index in [2.05, 4.69) is 39.5 Å². The molecule has 3 aromatic carbocycles. The molecular formula is C22H19N3O2S. The van der Waals surface area contributed by atoms with Crippen LogP contribution in [0.2, 0.25) is 0 Å². The molecule has 0 bridgehead atoms. The Morgan fingerprint density at radius 3 is 2.82 bits per heavy atom. The molecule has 0 fully saturated rings. The Balaban J connectivity index is 1.40. The Morgan fingerprint density at radius 1 is 1.18 bits per heavy atom. The summed E-state index contributed by atoms with van der Waals surface area (Å²) in [5, 5.41) is 8.17. The first-order valence-electron chi connectivity index (χ1n) is 9.25. The zero-order valence-electron chi connectivity index (χ0n) is 16.2.